The van der Waals surface area contributed by atoms with E-state index in [1.807, 2.05) is 6.07 Å². The van der Waals surface area contributed by atoms with Crippen LogP contribution in [0.4, 0.5) is 0 Å². The third kappa shape index (κ3) is 3.89. The van der Waals surface area contributed by atoms with Gasteiger partial charge < -0.3 is 19.7 Å². The van der Waals surface area contributed by atoms with Gasteiger partial charge in [-0.1, -0.05) is 12.1 Å². The number of para-hydroxylation sites is 1. The molecule has 116 valence electrons. The van der Waals surface area contributed by atoms with Crippen LogP contribution in [0.15, 0.2) is 18.2 Å². The van der Waals surface area contributed by atoms with Crippen molar-refractivity contribution in [2.75, 3.05) is 39.9 Å². The molecule has 0 saturated carbocycles. The fourth-order valence-corrected chi connectivity index (χ4v) is 3.24. The fraction of sp³-hybridized carbons (Fsp3) is 0.647. The average Bonchev–Trinajstić information content (AvgIpc) is 2.73. The number of rotatable bonds is 4. The van der Waals surface area contributed by atoms with E-state index >= 15 is 0 Å². The molecule has 21 heavy (non-hydrogen) atoms. The summed E-state index contributed by atoms with van der Waals surface area (Å²) in [5.74, 6) is 2.59. The van der Waals surface area contributed by atoms with Crippen molar-refractivity contribution < 1.29 is 9.47 Å². The maximum absolute atomic E-state index is 5.87. The summed E-state index contributed by atoms with van der Waals surface area (Å²) >= 11 is 0. The minimum Gasteiger partial charge on any atom is -0.490 e. The quantitative estimate of drug-likeness (QED) is 0.922. The highest BCUT2D eigenvalue weighted by molar-refractivity contribution is 5.47. The summed E-state index contributed by atoms with van der Waals surface area (Å²) in [5, 5.41) is 3.60. The lowest BCUT2D eigenvalue weighted by Crippen LogP contribution is -2.37. The van der Waals surface area contributed by atoms with Crippen LogP contribution >= 0.6 is 0 Å². The molecule has 1 N–H and O–H groups in total. The predicted octanol–water partition coefficient (Wildman–Crippen LogP) is 2.28. The van der Waals surface area contributed by atoms with Crippen molar-refractivity contribution >= 4 is 0 Å². The van der Waals surface area contributed by atoms with Gasteiger partial charge in [0.1, 0.15) is 0 Å². The third-order valence-electron chi connectivity index (χ3n) is 4.32. The highest BCUT2D eigenvalue weighted by Crippen LogP contribution is 2.33. The van der Waals surface area contributed by atoms with Crippen molar-refractivity contribution in [2.45, 2.75) is 25.8 Å². The molecule has 3 rings (SSSR count). The van der Waals surface area contributed by atoms with E-state index in [1.165, 1.54) is 31.5 Å². The Bertz CT molecular complexity index is 464. The van der Waals surface area contributed by atoms with Crippen LogP contribution in [0.2, 0.25) is 0 Å². The zero-order valence-corrected chi connectivity index (χ0v) is 12.9. The minimum atomic E-state index is 0.747. The molecule has 4 nitrogen and oxygen atoms in total. The van der Waals surface area contributed by atoms with Crippen LogP contribution in [0, 0.1) is 5.92 Å². The van der Waals surface area contributed by atoms with E-state index in [1.54, 1.807) is 0 Å². The molecule has 0 bridgehead atoms. The van der Waals surface area contributed by atoms with Crippen LogP contribution in [0.5, 0.6) is 11.5 Å². The molecule has 2 heterocycles. The van der Waals surface area contributed by atoms with E-state index in [4.69, 9.17) is 9.47 Å². The van der Waals surface area contributed by atoms with Crippen LogP contribution in [-0.4, -0.2) is 44.8 Å². The first kappa shape index (κ1) is 14.7. The maximum Gasteiger partial charge on any atom is 0.165 e. The van der Waals surface area contributed by atoms with Gasteiger partial charge in [0.2, 0.25) is 0 Å². The van der Waals surface area contributed by atoms with Gasteiger partial charge in [-0.3, -0.25) is 0 Å². The number of ether oxygens (including phenoxy) is 2. The van der Waals surface area contributed by atoms with Crippen molar-refractivity contribution in [3.8, 4) is 11.5 Å². The van der Waals surface area contributed by atoms with Gasteiger partial charge in [0.25, 0.3) is 0 Å². The molecule has 4 heteroatoms. The maximum atomic E-state index is 5.87. The van der Waals surface area contributed by atoms with Crippen LogP contribution in [0.3, 0.4) is 0 Å². The number of benzene rings is 1. The lowest BCUT2D eigenvalue weighted by molar-refractivity contribution is 0.206. The first-order valence-electron chi connectivity index (χ1n) is 8.09. The Hall–Kier alpha value is -1.26. The summed E-state index contributed by atoms with van der Waals surface area (Å²) in [7, 11) is 2.22. The van der Waals surface area contributed by atoms with Crippen molar-refractivity contribution in [1.29, 1.82) is 0 Å². The van der Waals surface area contributed by atoms with Gasteiger partial charge in [-0.15, -0.1) is 0 Å². The smallest absolute Gasteiger partial charge is 0.165 e. The first-order valence-corrected chi connectivity index (χ1v) is 8.09. The number of hydrogen-bond acceptors (Lipinski definition) is 4. The van der Waals surface area contributed by atoms with Crippen LogP contribution in [0.25, 0.3) is 0 Å². The van der Waals surface area contributed by atoms with E-state index < -0.39 is 0 Å². The summed E-state index contributed by atoms with van der Waals surface area (Å²) in [4.78, 5) is 2.43. The standard InChI is InChI=1S/C17H26N2O2/c1-19-8-3-5-14(13-19)11-18-12-15-6-2-7-16-17(15)21-10-4-9-20-16/h2,6-7,14,18H,3-5,8-13H2,1H3. The Kier molecular flexibility index (Phi) is 4.99. The Morgan fingerprint density at radius 3 is 3.05 bits per heavy atom. The molecule has 2 aliphatic heterocycles. The molecule has 1 aromatic rings. The SMILES string of the molecule is CN1CCCC(CNCc2cccc3c2OCCCO3)C1. The molecule has 0 aliphatic carbocycles. The highest BCUT2D eigenvalue weighted by Gasteiger charge is 2.18. The highest BCUT2D eigenvalue weighted by atomic mass is 16.5. The Morgan fingerprint density at radius 2 is 2.14 bits per heavy atom. The third-order valence-corrected chi connectivity index (χ3v) is 4.32. The van der Waals surface area contributed by atoms with E-state index in [9.17, 15) is 0 Å². The Morgan fingerprint density at radius 1 is 1.24 bits per heavy atom. The number of hydrogen-bond donors (Lipinski definition) is 1. The monoisotopic (exact) mass is 290 g/mol. The predicted molar refractivity (Wildman–Crippen MR) is 84.0 cm³/mol. The normalized spacial score (nSPS) is 22.8. The molecule has 0 amide bonds. The van der Waals surface area contributed by atoms with Gasteiger partial charge in [0.05, 0.1) is 13.2 Å². The molecule has 0 aromatic heterocycles. The number of likely N-dealkylation sites (tertiary alicyclic amines) is 1. The van der Waals surface area contributed by atoms with Gasteiger partial charge in [-0.2, -0.15) is 0 Å². The summed E-state index contributed by atoms with van der Waals surface area (Å²) in [5.41, 5.74) is 1.21. The van der Waals surface area contributed by atoms with Gasteiger partial charge in [-0.05, 0) is 45.0 Å². The molecule has 0 radical (unpaired) electrons. The number of nitrogens with one attached hydrogen (secondary N) is 1. The molecule has 1 saturated heterocycles. The first-order chi connectivity index (χ1) is 10.3. The van der Waals surface area contributed by atoms with E-state index in [2.05, 4.69) is 29.4 Å². The van der Waals surface area contributed by atoms with E-state index in [0.717, 1.165) is 50.1 Å². The molecule has 2 aliphatic rings. The van der Waals surface area contributed by atoms with Crippen molar-refractivity contribution in [2.24, 2.45) is 5.92 Å². The van der Waals surface area contributed by atoms with Crippen LogP contribution < -0.4 is 14.8 Å². The Balaban J connectivity index is 1.55. The summed E-state index contributed by atoms with van der Waals surface area (Å²) < 4.78 is 11.6. The van der Waals surface area contributed by atoms with Crippen LogP contribution in [-0.2, 0) is 6.54 Å². The number of fused-ring (bicyclic) bond motifs is 1. The largest absolute Gasteiger partial charge is 0.490 e. The van der Waals surface area contributed by atoms with Crippen molar-refractivity contribution in [3.63, 3.8) is 0 Å². The van der Waals surface area contributed by atoms with Crippen molar-refractivity contribution in [1.82, 2.24) is 10.2 Å². The fourth-order valence-electron chi connectivity index (χ4n) is 3.24. The second-order valence-corrected chi connectivity index (χ2v) is 6.20. The van der Waals surface area contributed by atoms with Gasteiger partial charge >= 0.3 is 0 Å². The van der Waals surface area contributed by atoms with E-state index in [-0.39, 0.29) is 0 Å². The zero-order valence-electron chi connectivity index (χ0n) is 12.9. The topological polar surface area (TPSA) is 33.7 Å². The molecular weight excluding hydrogens is 264 g/mol. The second kappa shape index (κ2) is 7.14. The molecule has 1 aromatic carbocycles. The molecule has 1 atom stereocenters. The second-order valence-electron chi connectivity index (χ2n) is 6.20. The Labute approximate surface area is 127 Å². The summed E-state index contributed by atoms with van der Waals surface area (Å²) in [6.07, 6.45) is 3.61. The summed E-state index contributed by atoms with van der Waals surface area (Å²) in [6.45, 7) is 5.88. The number of piperidine rings is 1. The van der Waals surface area contributed by atoms with Gasteiger partial charge in [0.15, 0.2) is 11.5 Å². The molecular formula is C17H26N2O2. The van der Waals surface area contributed by atoms with Crippen molar-refractivity contribution in [3.05, 3.63) is 23.8 Å². The van der Waals surface area contributed by atoms with Gasteiger partial charge in [-0.25, -0.2) is 0 Å². The minimum absolute atomic E-state index is 0.747. The molecule has 1 unspecified atom stereocenters. The molecule has 0 spiro atoms. The van der Waals surface area contributed by atoms with Gasteiger partial charge in [0, 0.05) is 25.1 Å². The van der Waals surface area contributed by atoms with Crippen LogP contribution in [0.1, 0.15) is 24.8 Å². The lowest BCUT2D eigenvalue weighted by Gasteiger charge is -2.29. The zero-order chi connectivity index (χ0) is 14.5. The summed E-state index contributed by atoms with van der Waals surface area (Å²) in [6, 6.07) is 6.19. The number of nitrogens with zero attached hydrogens (tertiary/aromatic N) is 1. The average molecular weight is 290 g/mol. The lowest BCUT2D eigenvalue weighted by atomic mass is 9.98. The molecule has 1 fully saturated rings. The van der Waals surface area contributed by atoms with E-state index in [0.29, 0.717) is 0 Å².